The average Bonchev–Trinajstić information content (AvgIpc) is 2.13. The van der Waals surface area contributed by atoms with Crippen LogP contribution < -0.4 is 0 Å². The first-order valence-corrected chi connectivity index (χ1v) is 43.7. The maximum Gasteiger partial charge on any atom is 0.472 e. The molecule has 0 saturated heterocycles. The minimum absolute atomic E-state index is 0.108. The molecule has 0 rings (SSSR count). The van der Waals surface area contributed by atoms with Gasteiger partial charge in [0.05, 0.1) is 26.4 Å². The molecule has 0 spiro atoms. The Bertz CT molecular complexity index is 1860. The van der Waals surface area contributed by atoms with Gasteiger partial charge in [0.1, 0.15) is 19.3 Å². The number of phosphoric ester groups is 2. The van der Waals surface area contributed by atoms with Crippen molar-refractivity contribution < 1.29 is 80.2 Å². The van der Waals surface area contributed by atoms with Gasteiger partial charge in [0.2, 0.25) is 0 Å². The number of carbonyl (C=O) groups is 4. The van der Waals surface area contributed by atoms with Crippen LogP contribution in [0.15, 0.2) is 0 Å². The van der Waals surface area contributed by atoms with Gasteiger partial charge in [0.15, 0.2) is 12.2 Å². The first-order valence-electron chi connectivity index (χ1n) is 40.7. The fourth-order valence-electron chi connectivity index (χ4n) is 12.0. The number of unbranched alkanes of at least 4 members (excludes halogenated alkanes) is 49. The molecule has 0 fully saturated rings. The van der Waals surface area contributed by atoms with Gasteiger partial charge in [-0.05, 0) is 31.6 Å². The first-order chi connectivity index (χ1) is 47.1. The molecule has 19 heteroatoms. The molecule has 0 aromatic heterocycles. The number of aliphatic hydroxyl groups excluding tert-OH is 1. The normalized spacial score (nSPS) is 14.2. The van der Waals surface area contributed by atoms with Gasteiger partial charge >= 0.3 is 39.5 Å². The molecule has 0 aromatic carbocycles. The Hall–Kier alpha value is -1.94. The summed E-state index contributed by atoms with van der Waals surface area (Å²) in [7, 11) is -9.91. The maximum atomic E-state index is 13.1. The fourth-order valence-corrected chi connectivity index (χ4v) is 13.6. The molecular weight excluding hydrogens is 1270 g/mol. The number of ether oxygens (including phenoxy) is 4. The Morgan fingerprint density at radius 1 is 0.289 bits per heavy atom. The van der Waals surface area contributed by atoms with E-state index in [1.807, 2.05) is 0 Å². The second-order valence-electron chi connectivity index (χ2n) is 28.3. The molecule has 0 heterocycles. The molecule has 0 amide bonds. The van der Waals surface area contributed by atoms with Crippen LogP contribution in [0.4, 0.5) is 0 Å². The van der Waals surface area contributed by atoms with E-state index < -0.39 is 97.5 Å². The molecule has 17 nitrogen and oxygen atoms in total. The van der Waals surface area contributed by atoms with Crippen molar-refractivity contribution in [1.82, 2.24) is 0 Å². The Morgan fingerprint density at radius 2 is 0.495 bits per heavy atom. The quantitative estimate of drug-likeness (QED) is 0.0222. The van der Waals surface area contributed by atoms with Gasteiger partial charge in [-0.2, -0.15) is 0 Å². The van der Waals surface area contributed by atoms with Crippen molar-refractivity contribution >= 4 is 39.5 Å². The van der Waals surface area contributed by atoms with E-state index in [-0.39, 0.29) is 25.7 Å². The van der Waals surface area contributed by atoms with Gasteiger partial charge in [-0.3, -0.25) is 37.3 Å². The largest absolute Gasteiger partial charge is 0.472 e. The molecule has 0 bridgehead atoms. The highest BCUT2D eigenvalue weighted by atomic mass is 31.2. The van der Waals surface area contributed by atoms with Crippen molar-refractivity contribution in [3.05, 3.63) is 0 Å². The Morgan fingerprint density at radius 3 is 0.732 bits per heavy atom. The van der Waals surface area contributed by atoms with Gasteiger partial charge in [-0.1, -0.05) is 362 Å². The number of hydrogen-bond acceptors (Lipinski definition) is 15. The molecule has 6 atom stereocenters. The monoisotopic (exact) mass is 1420 g/mol. The van der Waals surface area contributed by atoms with Crippen LogP contribution in [0.3, 0.4) is 0 Å². The molecule has 0 aliphatic heterocycles. The molecule has 0 saturated carbocycles. The van der Waals surface area contributed by atoms with E-state index in [1.165, 1.54) is 238 Å². The number of esters is 4. The highest BCUT2D eigenvalue weighted by molar-refractivity contribution is 7.47. The smallest absolute Gasteiger partial charge is 0.462 e. The Labute approximate surface area is 594 Å². The van der Waals surface area contributed by atoms with Gasteiger partial charge in [0.25, 0.3) is 0 Å². The maximum absolute atomic E-state index is 13.1. The Kier molecular flexibility index (Phi) is 69.6. The average molecular weight is 1420 g/mol. The van der Waals surface area contributed by atoms with E-state index in [0.717, 1.165) is 95.8 Å². The Balaban J connectivity index is 5.22. The second kappa shape index (κ2) is 71.1. The fraction of sp³-hybridized carbons (Fsp3) is 0.949. The zero-order valence-electron chi connectivity index (χ0n) is 63.2. The lowest BCUT2D eigenvalue weighted by molar-refractivity contribution is -0.161. The third kappa shape index (κ3) is 70.9. The van der Waals surface area contributed by atoms with Crippen molar-refractivity contribution in [2.75, 3.05) is 39.6 Å². The number of rotatable bonds is 78. The van der Waals surface area contributed by atoms with Crippen LogP contribution in [0.1, 0.15) is 413 Å². The van der Waals surface area contributed by atoms with E-state index in [0.29, 0.717) is 25.7 Å². The van der Waals surface area contributed by atoms with Crippen LogP contribution in [0.2, 0.25) is 0 Å². The summed E-state index contributed by atoms with van der Waals surface area (Å²) in [6, 6.07) is 0. The highest BCUT2D eigenvalue weighted by Gasteiger charge is 2.30. The SMILES string of the molecule is CCCCCCCCCCCCCCCCCCCCCCC(=O)O[C@H](COC(=O)CCCCCCCCCCCCC(C)CC)COP(=O)(O)OC[C@@H](O)COP(=O)(O)OC[C@@H](COC(=O)CCCCCCCCCCCC)OC(=O)CCCCCCCCCCCCCCC. The molecule has 3 unspecified atom stereocenters. The molecule has 0 aliphatic rings. The highest BCUT2D eigenvalue weighted by Crippen LogP contribution is 2.45. The number of hydrogen-bond donors (Lipinski definition) is 3. The van der Waals surface area contributed by atoms with Crippen LogP contribution in [0.5, 0.6) is 0 Å². The van der Waals surface area contributed by atoms with Crippen LogP contribution in [-0.2, 0) is 65.4 Å². The predicted molar refractivity (Wildman–Crippen MR) is 395 cm³/mol. The molecule has 3 N–H and O–H groups in total. The van der Waals surface area contributed by atoms with Crippen molar-refractivity contribution in [1.29, 1.82) is 0 Å². The number of phosphoric acid groups is 2. The number of aliphatic hydroxyl groups is 1. The molecule has 576 valence electrons. The molecule has 0 radical (unpaired) electrons. The van der Waals surface area contributed by atoms with E-state index in [9.17, 15) is 43.2 Å². The molecule has 97 heavy (non-hydrogen) atoms. The van der Waals surface area contributed by atoms with Gasteiger partial charge < -0.3 is 33.8 Å². The summed E-state index contributed by atoms with van der Waals surface area (Å²) in [4.78, 5) is 72.9. The lowest BCUT2D eigenvalue weighted by Gasteiger charge is -2.21. The third-order valence-electron chi connectivity index (χ3n) is 18.6. The molecular formula is C78H152O17P2. The van der Waals surface area contributed by atoms with E-state index in [2.05, 4.69) is 34.6 Å². The van der Waals surface area contributed by atoms with Crippen molar-refractivity contribution in [2.45, 2.75) is 432 Å². The van der Waals surface area contributed by atoms with E-state index in [4.69, 9.17) is 37.0 Å². The zero-order chi connectivity index (χ0) is 71.2. The summed E-state index contributed by atoms with van der Waals surface area (Å²) in [5.41, 5.74) is 0. The first kappa shape index (κ1) is 95.1. The summed E-state index contributed by atoms with van der Waals surface area (Å²) in [6.45, 7) is 7.33. The summed E-state index contributed by atoms with van der Waals surface area (Å²) in [5, 5.41) is 10.6. The van der Waals surface area contributed by atoms with Gasteiger partial charge in [-0.25, -0.2) is 9.13 Å². The third-order valence-corrected chi connectivity index (χ3v) is 20.5. The van der Waals surface area contributed by atoms with Crippen LogP contribution >= 0.6 is 15.6 Å². The predicted octanol–water partition coefficient (Wildman–Crippen LogP) is 23.3. The second-order valence-corrected chi connectivity index (χ2v) is 31.3. The summed E-state index contributed by atoms with van der Waals surface area (Å²) < 4.78 is 68.6. The zero-order valence-corrected chi connectivity index (χ0v) is 65.0. The summed E-state index contributed by atoms with van der Waals surface area (Å²) in [5.74, 6) is -1.30. The van der Waals surface area contributed by atoms with Crippen LogP contribution in [0.25, 0.3) is 0 Å². The summed E-state index contributed by atoms with van der Waals surface area (Å²) >= 11 is 0. The van der Waals surface area contributed by atoms with Crippen LogP contribution in [0, 0.1) is 5.92 Å². The molecule has 0 aromatic rings. The lowest BCUT2D eigenvalue weighted by atomic mass is 9.99. The topological polar surface area (TPSA) is 237 Å². The minimum atomic E-state index is -4.96. The van der Waals surface area contributed by atoms with Gasteiger partial charge in [0, 0.05) is 25.7 Å². The van der Waals surface area contributed by atoms with Crippen LogP contribution in [-0.4, -0.2) is 96.7 Å². The van der Waals surface area contributed by atoms with Crippen molar-refractivity contribution in [3.8, 4) is 0 Å². The summed E-state index contributed by atoms with van der Waals surface area (Å²) in [6.07, 6.45) is 60.9. The van der Waals surface area contributed by atoms with E-state index in [1.54, 1.807) is 0 Å². The van der Waals surface area contributed by atoms with E-state index >= 15 is 0 Å². The van der Waals surface area contributed by atoms with Gasteiger partial charge in [-0.15, -0.1) is 0 Å². The standard InChI is InChI=1S/C78H152O17P2/c1-6-10-13-16-19-22-25-27-28-29-30-31-32-33-35-37-44-49-54-59-64-78(83)95-74(68-89-76(81)62-57-52-47-42-39-38-40-45-50-55-60-71(5)9-4)70-93-97(86,87)91-66-72(79)65-90-96(84,85)92-69-73(67-88-75(80)61-56-51-46-41-24-21-18-15-12-8-3)94-77(82)63-58-53-48-43-36-34-26-23-20-17-14-11-7-2/h71-74,79H,6-70H2,1-5H3,(H,84,85)(H,86,87)/t71?,72-,73+,74+/m0/s1. The minimum Gasteiger partial charge on any atom is -0.462 e. The van der Waals surface area contributed by atoms with Crippen molar-refractivity contribution in [3.63, 3.8) is 0 Å². The lowest BCUT2D eigenvalue weighted by Crippen LogP contribution is -2.30. The molecule has 0 aliphatic carbocycles. The number of carbonyl (C=O) groups excluding carboxylic acids is 4. The van der Waals surface area contributed by atoms with Crippen molar-refractivity contribution in [2.24, 2.45) is 5.92 Å².